The van der Waals surface area contributed by atoms with Crippen molar-refractivity contribution in [2.75, 3.05) is 38.7 Å². The van der Waals surface area contributed by atoms with Crippen LogP contribution in [0.15, 0.2) is 28.7 Å². The number of rotatable bonds is 9. The van der Waals surface area contributed by atoms with E-state index in [0.717, 1.165) is 17.8 Å². The largest absolute Gasteiger partial charge is 0.511 e. The highest BCUT2D eigenvalue weighted by Gasteiger charge is 2.59. The Hall–Kier alpha value is -3.41. The molecule has 0 aromatic heterocycles. The van der Waals surface area contributed by atoms with Gasteiger partial charge in [-0.3, -0.25) is 19.3 Å². The number of aromatic hydroxyl groups is 1. The number of hydrogen-bond acceptors (Lipinski definition) is 10. The molecule has 4 rings (SSSR count). The summed E-state index contributed by atoms with van der Waals surface area (Å²) >= 11 is 0. The van der Waals surface area contributed by atoms with E-state index in [1.807, 2.05) is 39.8 Å². The fourth-order valence-corrected chi connectivity index (χ4v) is 6.43. The smallest absolute Gasteiger partial charge is 0.255 e. The normalized spacial score (nSPS) is 24.4. The highest BCUT2D eigenvalue weighted by atomic mass is 16.5. The zero-order valence-corrected chi connectivity index (χ0v) is 23.7. The van der Waals surface area contributed by atoms with E-state index < -0.39 is 52.0 Å². The summed E-state index contributed by atoms with van der Waals surface area (Å²) in [6, 6.07) is 1.55. The van der Waals surface area contributed by atoms with Crippen molar-refractivity contribution in [1.82, 2.24) is 4.90 Å². The first-order valence-electron chi connectivity index (χ1n) is 13.6. The van der Waals surface area contributed by atoms with Gasteiger partial charge >= 0.3 is 0 Å². The van der Waals surface area contributed by atoms with Gasteiger partial charge < -0.3 is 35.8 Å². The molecule has 3 aliphatic rings. The Labute approximate surface area is 233 Å². The van der Waals surface area contributed by atoms with Crippen LogP contribution in [0.25, 0.3) is 0 Å². The molecule has 11 heteroatoms. The lowest BCUT2D eigenvalue weighted by atomic mass is 9.60. The van der Waals surface area contributed by atoms with E-state index in [2.05, 4.69) is 4.90 Å². The predicted molar refractivity (Wildman–Crippen MR) is 147 cm³/mol. The van der Waals surface area contributed by atoms with Gasteiger partial charge in [0.15, 0.2) is 11.4 Å². The van der Waals surface area contributed by atoms with Crippen molar-refractivity contribution in [3.8, 4) is 5.75 Å². The SMILES string of the molecule is CCN(CCOC(C)C)Cc1cc(O)c2c(c1N(C)C)CC1C[C@H]3CC(O)=C(C(N)=O)C(=O)[C@@]3(O)C(O)=C1C2=O. The number of nitrogens with zero attached hydrogens (tertiary/aromatic N) is 2. The minimum absolute atomic E-state index is 0.00950. The van der Waals surface area contributed by atoms with Gasteiger partial charge in [0.05, 0.1) is 18.3 Å². The number of aliphatic hydroxyl groups is 3. The predicted octanol–water partition coefficient (Wildman–Crippen LogP) is 1.89. The Balaban J connectivity index is 1.79. The molecular formula is C29H39N3O8. The highest BCUT2D eigenvalue weighted by molar-refractivity contribution is 6.24. The number of aliphatic hydroxyl groups excluding tert-OH is 2. The van der Waals surface area contributed by atoms with Crippen LogP contribution in [0.1, 0.15) is 55.1 Å². The number of ether oxygens (including phenoxy) is 1. The van der Waals surface area contributed by atoms with Crippen molar-refractivity contribution < 1.29 is 39.5 Å². The number of ketones is 2. The Morgan fingerprint density at radius 2 is 1.88 bits per heavy atom. The first kappa shape index (κ1) is 29.6. The third kappa shape index (κ3) is 4.76. The third-order valence-electron chi connectivity index (χ3n) is 8.26. The molecule has 1 amide bonds. The molecule has 3 atom stereocenters. The van der Waals surface area contributed by atoms with Crippen molar-refractivity contribution in [3.63, 3.8) is 0 Å². The molecule has 1 unspecified atom stereocenters. The van der Waals surface area contributed by atoms with Crippen LogP contribution in [0, 0.1) is 11.8 Å². The topological polar surface area (TPSA) is 174 Å². The van der Waals surface area contributed by atoms with Gasteiger partial charge in [0.25, 0.3) is 5.91 Å². The van der Waals surface area contributed by atoms with E-state index in [-0.39, 0.29) is 42.3 Å². The van der Waals surface area contributed by atoms with E-state index in [4.69, 9.17) is 10.5 Å². The van der Waals surface area contributed by atoms with Crippen LogP contribution in [0.5, 0.6) is 5.75 Å². The maximum atomic E-state index is 13.9. The molecule has 0 spiro atoms. The van der Waals surface area contributed by atoms with E-state index in [0.29, 0.717) is 25.3 Å². The lowest BCUT2D eigenvalue weighted by molar-refractivity contribution is -0.144. The van der Waals surface area contributed by atoms with E-state index in [9.17, 15) is 34.8 Å². The second-order valence-electron chi connectivity index (χ2n) is 11.4. The summed E-state index contributed by atoms with van der Waals surface area (Å²) in [7, 11) is 3.71. The number of nitrogens with two attached hydrogens (primary N) is 1. The fraction of sp³-hybridized carbons (Fsp3) is 0.552. The number of phenolic OH excluding ortho intramolecular Hbond substituents is 1. The molecule has 0 radical (unpaired) electrons. The van der Waals surface area contributed by atoms with Crippen LogP contribution in [0.3, 0.4) is 0 Å². The Morgan fingerprint density at radius 3 is 2.45 bits per heavy atom. The number of allylic oxidation sites excluding steroid dienone is 2. The molecule has 1 aromatic carbocycles. The summed E-state index contributed by atoms with van der Waals surface area (Å²) in [5.41, 5.74) is 3.96. The maximum absolute atomic E-state index is 13.9. The molecule has 0 heterocycles. The first-order valence-corrected chi connectivity index (χ1v) is 13.6. The summed E-state index contributed by atoms with van der Waals surface area (Å²) in [4.78, 5) is 42.9. The standard InChI is InChI=1S/C29H39N3O8/c1-6-32(7-8-40-14(2)3)13-16-11-19(33)22-18(24(16)31(4)5)10-15-9-17-12-20(34)23(28(30)38)27(37)29(17,39)26(36)21(15)25(22)35/h11,14-15,17,33-34,36,39H,6-10,12-13H2,1-5H3,(H2,30,38)/t15?,17-,29-/m0/s1. The number of fused-ring (bicyclic) bond motifs is 3. The first-order chi connectivity index (χ1) is 18.7. The summed E-state index contributed by atoms with van der Waals surface area (Å²) in [6.07, 6.45) is 0.201. The number of anilines is 1. The maximum Gasteiger partial charge on any atom is 0.255 e. The lowest BCUT2D eigenvalue weighted by Crippen LogP contribution is -2.57. The van der Waals surface area contributed by atoms with Gasteiger partial charge in [-0.15, -0.1) is 0 Å². The summed E-state index contributed by atoms with van der Waals surface area (Å²) in [6.45, 7) is 8.47. The fourth-order valence-electron chi connectivity index (χ4n) is 6.43. The number of carbonyl (C=O) groups excluding carboxylic acids is 3. The average Bonchev–Trinajstić information content (AvgIpc) is 2.84. The summed E-state index contributed by atoms with van der Waals surface area (Å²) in [5.74, 6) is -6.35. The van der Waals surface area contributed by atoms with Crippen molar-refractivity contribution in [1.29, 1.82) is 0 Å². The summed E-state index contributed by atoms with van der Waals surface area (Å²) < 4.78 is 5.71. The number of hydrogen-bond donors (Lipinski definition) is 5. The van der Waals surface area contributed by atoms with Crippen molar-refractivity contribution in [3.05, 3.63) is 45.4 Å². The van der Waals surface area contributed by atoms with Gasteiger partial charge in [0.2, 0.25) is 5.78 Å². The molecule has 0 aliphatic heterocycles. The van der Waals surface area contributed by atoms with E-state index >= 15 is 0 Å². The van der Waals surface area contributed by atoms with Crippen LogP contribution < -0.4 is 10.6 Å². The number of phenols is 1. The van der Waals surface area contributed by atoms with Gasteiger partial charge in [-0.05, 0) is 56.3 Å². The van der Waals surface area contributed by atoms with Crippen LogP contribution in [0.4, 0.5) is 5.69 Å². The number of amides is 1. The second kappa shape index (κ2) is 10.9. The molecule has 218 valence electrons. The van der Waals surface area contributed by atoms with Gasteiger partial charge in [-0.1, -0.05) is 6.92 Å². The van der Waals surface area contributed by atoms with Crippen molar-refractivity contribution >= 4 is 23.2 Å². The minimum atomic E-state index is -2.57. The van der Waals surface area contributed by atoms with Gasteiger partial charge in [0.1, 0.15) is 22.8 Å². The average molecular weight is 558 g/mol. The van der Waals surface area contributed by atoms with Crippen LogP contribution in [-0.2, 0) is 27.3 Å². The van der Waals surface area contributed by atoms with Gasteiger partial charge in [-0.2, -0.15) is 0 Å². The molecule has 3 aliphatic carbocycles. The van der Waals surface area contributed by atoms with E-state index in [1.54, 1.807) is 6.07 Å². The molecule has 1 aromatic rings. The number of likely N-dealkylation sites (N-methyl/N-ethyl adjacent to an activating group) is 1. The third-order valence-corrected chi connectivity index (χ3v) is 8.26. The molecule has 6 N–H and O–H groups in total. The second-order valence-corrected chi connectivity index (χ2v) is 11.4. The number of benzene rings is 1. The minimum Gasteiger partial charge on any atom is -0.511 e. The van der Waals surface area contributed by atoms with Crippen LogP contribution >= 0.6 is 0 Å². The summed E-state index contributed by atoms with van der Waals surface area (Å²) in [5, 5.41) is 44.1. The lowest BCUT2D eigenvalue weighted by Gasteiger charge is -2.46. The highest BCUT2D eigenvalue weighted by Crippen LogP contribution is 2.52. The van der Waals surface area contributed by atoms with Crippen molar-refractivity contribution in [2.45, 2.75) is 58.3 Å². The van der Waals surface area contributed by atoms with Crippen LogP contribution in [-0.4, -0.2) is 88.3 Å². The Morgan fingerprint density at radius 1 is 1.20 bits per heavy atom. The number of primary amides is 1. The van der Waals surface area contributed by atoms with Gasteiger partial charge in [-0.25, -0.2) is 0 Å². The van der Waals surface area contributed by atoms with Gasteiger partial charge in [0, 0.05) is 50.8 Å². The molecule has 0 saturated carbocycles. The Bertz CT molecular complexity index is 1310. The molecule has 0 saturated heterocycles. The molecular weight excluding hydrogens is 518 g/mol. The molecule has 0 bridgehead atoms. The molecule has 40 heavy (non-hydrogen) atoms. The van der Waals surface area contributed by atoms with Crippen molar-refractivity contribution in [2.24, 2.45) is 17.6 Å². The molecule has 0 fully saturated rings. The monoisotopic (exact) mass is 557 g/mol. The Kier molecular flexibility index (Phi) is 8.04. The quantitative estimate of drug-likeness (QED) is 0.282. The zero-order valence-electron chi connectivity index (χ0n) is 23.7. The molecule has 11 nitrogen and oxygen atoms in total. The number of carbonyl (C=O) groups is 3. The van der Waals surface area contributed by atoms with E-state index in [1.165, 1.54) is 0 Å². The zero-order chi connectivity index (χ0) is 29.7. The van der Waals surface area contributed by atoms with Crippen LogP contribution in [0.2, 0.25) is 0 Å². The number of Topliss-reactive ketones (excluding diaryl/α,β-unsaturated/α-hetero) is 2.